The van der Waals surface area contributed by atoms with Gasteiger partial charge >= 0.3 is 0 Å². The first-order chi connectivity index (χ1) is 9.36. The topological polar surface area (TPSA) is 21.3 Å². The molecule has 19 heavy (non-hydrogen) atoms. The molecule has 1 N–H and O–H groups in total. The number of hydrogen-bond acceptors (Lipinski definition) is 2. The third kappa shape index (κ3) is 3.01. The van der Waals surface area contributed by atoms with E-state index in [1.807, 2.05) is 7.11 Å². The van der Waals surface area contributed by atoms with Crippen LogP contribution in [-0.4, -0.2) is 25.3 Å². The fourth-order valence-electron chi connectivity index (χ4n) is 3.71. The molecule has 0 heterocycles. The van der Waals surface area contributed by atoms with E-state index in [0.29, 0.717) is 18.2 Å². The molecule has 104 valence electrons. The molecule has 1 saturated carbocycles. The number of fused-ring (bicyclic) bond motifs is 1. The Morgan fingerprint density at radius 3 is 2.68 bits per heavy atom. The van der Waals surface area contributed by atoms with Crippen LogP contribution in [0, 0.1) is 0 Å². The summed E-state index contributed by atoms with van der Waals surface area (Å²) in [6, 6.07) is 10.1. The van der Waals surface area contributed by atoms with Crippen molar-refractivity contribution in [2.45, 2.75) is 63.1 Å². The lowest BCUT2D eigenvalue weighted by Gasteiger charge is -2.36. The third-order valence-corrected chi connectivity index (χ3v) is 4.80. The Kier molecular flexibility index (Phi) is 4.19. The first-order valence-electron chi connectivity index (χ1n) is 7.72. The summed E-state index contributed by atoms with van der Waals surface area (Å²) in [5.74, 6) is 0. The van der Waals surface area contributed by atoms with E-state index in [-0.39, 0.29) is 0 Å². The summed E-state index contributed by atoms with van der Waals surface area (Å²) in [4.78, 5) is 0. The van der Waals surface area contributed by atoms with Crippen LogP contribution >= 0.6 is 0 Å². The molecule has 3 unspecified atom stereocenters. The normalized spacial score (nSPS) is 30.9. The number of methoxy groups -OCH3 is 1. The molecular formula is C17H25NO. The summed E-state index contributed by atoms with van der Waals surface area (Å²) in [5, 5.41) is 3.87. The molecule has 1 fully saturated rings. The average Bonchev–Trinajstić information content (AvgIpc) is 2.48. The Hall–Kier alpha value is -0.860. The average molecular weight is 259 g/mol. The number of aryl methyl sites for hydroxylation is 1. The van der Waals surface area contributed by atoms with Crippen LogP contribution in [0.1, 0.15) is 43.2 Å². The zero-order valence-electron chi connectivity index (χ0n) is 11.9. The molecule has 2 aliphatic carbocycles. The Bertz CT molecular complexity index is 417. The standard InChI is InChI=1S/C17H25NO/c1-19-17-9-5-4-8-16(17)18-15-11-10-13-6-2-3-7-14(13)12-15/h2-3,6-7,15-18H,4-5,8-12H2,1H3. The molecule has 2 nitrogen and oxygen atoms in total. The predicted molar refractivity (Wildman–Crippen MR) is 78.4 cm³/mol. The van der Waals surface area contributed by atoms with Crippen molar-refractivity contribution in [2.75, 3.05) is 7.11 Å². The van der Waals surface area contributed by atoms with Crippen LogP contribution in [0.3, 0.4) is 0 Å². The van der Waals surface area contributed by atoms with E-state index >= 15 is 0 Å². The van der Waals surface area contributed by atoms with Crippen LogP contribution in [0.5, 0.6) is 0 Å². The van der Waals surface area contributed by atoms with Gasteiger partial charge in [-0.3, -0.25) is 0 Å². The fraction of sp³-hybridized carbons (Fsp3) is 0.647. The molecule has 2 aliphatic rings. The van der Waals surface area contributed by atoms with E-state index in [9.17, 15) is 0 Å². The summed E-state index contributed by atoms with van der Waals surface area (Å²) < 4.78 is 5.65. The van der Waals surface area contributed by atoms with Crippen molar-refractivity contribution in [1.82, 2.24) is 5.32 Å². The lowest BCUT2D eigenvalue weighted by atomic mass is 9.86. The molecule has 0 aromatic heterocycles. The van der Waals surface area contributed by atoms with Gasteiger partial charge in [0.25, 0.3) is 0 Å². The quantitative estimate of drug-likeness (QED) is 0.900. The number of hydrogen-bond donors (Lipinski definition) is 1. The Morgan fingerprint density at radius 1 is 1.05 bits per heavy atom. The van der Waals surface area contributed by atoms with Crippen molar-refractivity contribution >= 4 is 0 Å². The second-order valence-corrected chi connectivity index (χ2v) is 6.04. The first-order valence-corrected chi connectivity index (χ1v) is 7.72. The zero-order chi connectivity index (χ0) is 13.1. The summed E-state index contributed by atoms with van der Waals surface area (Å²) in [6.45, 7) is 0. The van der Waals surface area contributed by atoms with Gasteiger partial charge in [0.2, 0.25) is 0 Å². The maximum absolute atomic E-state index is 5.65. The molecule has 0 bridgehead atoms. The summed E-state index contributed by atoms with van der Waals surface area (Å²) >= 11 is 0. The van der Waals surface area contributed by atoms with Gasteiger partial charge < -0.3 is 10.1 Å². The van der Waals surface area contributed by atoms with Crippen molar-refractivity contribution in [1.29, 1.82) is 0 Å². The number of nitrogens with one attached hydrogen (secondary N) is 1. The summed E-state index contributed by atoms with van der Waals surface area (Å²) in [7, 11) is 1.86. The molecule has 2 heteroatoms. The largest absolute Gasteiger partial charge is 0.380 e. The van der Waals surface area contributed by atoms with E-state index < -0.39 is 0 Å². The van der Waals surface area contributed by atoms with Crippen LogP contribution in [0.25, 0.3) is 0 Å². The van der Waals surface area contributed by atoms with Gasteiger partial charge in [0.05, 0.1) is 6.10 Å². The Morgan fingerprint density at radius 2 is 1.84 bits per heavy atom. The van der Waals surface area contributed by atoms with Crippen molar-refractivity contribution in [3.8, 4) is 0 Å². The van der Waals surface area contributed by atoms with Crippen LogP contribution in [0.15, 0.2) is 24.3 Å². The zero-order valence-corrected chi connectivity index (χ0v) is 11.9. The highest BCUT2D eigenvalue weighted by atomic mass is 16.5. The lowest BCUT2D eigenvalue weighted by Crippen LogP contribution is -2.49. The third-order valence-electron chi connectivity index (χ3n) is 4.80. The molecule has 0 aliphatic heterocycles. The fourth-order valence-corrected chi connectivity index (χ4v) is 3.71. The van der Waals surface area contributed by atoms with Gasteiger partial charge in [0.15, 0.2) is 0 Å². The predicted octanol–water partition coefficient (Wildman–Crippen LogP) is 3.09. The molecule has 3 atom stereocenters. The molecular weight excluding hydrogens is 234 g/mol. The molecule has 0 spiro atoms. The first kappa shape index (κ1) is 13.1. The summed E-state index contributed by atoms with van der Waals surface area (Å²) in [6.07, 6.45) is 9.26. The van der Waals surface area contributed by atoms with Gasteiger partial charge in [0, 0.05) is 19.2 Å². The van der Waals surface area contributed by atoms with Crippen molar-refractivity contribution < 1.29 is 4.74 Å². The Labute approximate surface area is 116 Å². The number of benzene rings is 1. The summed E-state index contributed by atoms with van der Waals surface area (Å²) in [5.41, 5.74) is 3.09. The van der Waals surface area contributed by atoms with Crippen LogP contribution < -0.4 is 5.32 Å². The van der Waals surface area contributed by atoms with Crippen LogP contribution in [-0.2, 0) is 17.6 Å². The van der Waals surface area contributed by atoms with E-state index in [1.165, 1.54) is 50.5 Å². The van der Waals surface area contributed by atoms with Gasteiger partial charge in [-0.25, -0.2) is 0 Å². The van der Waals surface area contributed by atoms with Crippen LogP contribution in [0.2, 0.25) is 0 Å². The SMILES string of the molecule is COC1CCCCC1NC1CCc2ccccc2C1. The minimum Gasteiger partial charge on any atom is -0.380 e. The van der Waals surface area contributed by atoms with Gasteiger partial charge in [-0.1, -0.05) is 37.1 Å². The van der Waals surface area contributed by atoms with E-state index in [4.69, 9.17) is 4.74 Å². The van der Waals surface area contributed by atoms with Gasteiger partial charge in [-0.2, -0.15) is 0 Å². The number of rotatable bonds is 3. The van der Waals surface area contributed by atoms with Gasteiger partial charge in [0.1, 0.15) is 0 Å². The minimum absolute atomic E-state index is 0.422. The number of ether oxygens (including phenoxy) is 1. The molecule has 0 radical (unpaired) electrons. The van der Waals surface area contributed by atoms with Crippen molar-refractivity contribution in [3.63, 3.8) is 0 Å². The highest BCUT2D eigenvalue weighted by Gasteiger charge is 2.28. The maximum atomic E-state index is 5.65. The maximum Gasteiger partial charge on any atom is 0.0724 e. The van der Waals surface area contributed by atoms with Crippen molar-refractivity contribution in [2.24, 2.45) is 0 Å². The highest BCUT2D eigenvalue weighted by molar-refractivity contribution is 5.30. The monoisotopic (exact) mass is 259 g/mol. The minimum atomic E-state index is 0.422. The second kappa shape index (κ2) is 6.06. The van der Waals surface area contributed by atoms with Gasteiger partial charge in [-0.05, 0) is 43.2 Å². The molecule has 3 rings (SSSR count). The molecule has 0 amide bonds. The second-order valence-electron chi connectivity index (χ2n) is 6.04. The van der Waals surface area contributed by atoms with Gasteiger partial charge in [-0.15, -0.1) is 0 Å². The van der Waals surface area contributed by atoms with E-state index in [1.54, 1.807) is 5.56 Å². The highest BCUT2D eigenvalue weighted by Crippen LogP contribution is 2.25. The molecule has 1 aromatic rings. The lowest BCUT2D eigenvalue weighted by molar-refractivity contribution is 0.0370. The van der Waals surface area contributed by atoms with E-state index in [0.717, 1.165) is 0 Å². The van der Waals surface area contributed by atoms with Crippen LogP contribution in [0.4, 0.5) is 0 Å². The Balaban J connectivity index is 1.62. The molecule has 0 saturated heterocycles. The van der Waals surface area contributed by atoms with E-state index in [2.05, 4.69) is 29.6 Å². The molecule has 1 aromatic carbocycles. The smallest absolute Gasteiger partial charge is 0.0724 e. The van der Waals surface area contributed by atoms with Crippen molar-refractivity contribution in [3.05, 3.63) is 35.4 Å².